The number of benzene rings is 1. The van der Waals surface area contributed by atoms with Crippen LogP contribution in [-0.4, -0.2) is 6.04 Å². The monoisotopic (exact) mass is 425 g/mol. The maximum atomic E-state index is 3.61. The Morgan fingerprint density at radius 2 is 1.71 bits per heavy atom. The number of halogens is 3. The Bertz CT molecular complexity index is 343. The van der Waals surface area contributed by atoms with Gasteiger partial charge in [0.2, 0.25) is 0 Å². The highest BCUT2D eigenvalue weighted by molar-refractivity contribution is 9.11. The van der Waals surface area contributed by atoms with E-state index in [1.54, 1.807) is 0 Å². The Morgan fingerprint density at radius 3 is 2.18 bits per heavy atom. The summed E-state index contributed by atoms with van der Waals surface area (Å²) in [6, 6.07) is 4.68. The van der Waals surface area contributed by atoms with Gasteiger partial charge in [-0.2, -0.15) is 0 Å². The van der Waals surface area contributed by atoms with E-state index in [1.165, 1.54) is 19.3 Å². The molecule has 1 unspecified atom stereocenters. The Morgan fingerprint density at radius 1 is 1.12 bits per heavy atom. The molecular weight excluding hydrogens is 410 g/mol. The summed E-state index contributed by atoms with van der Waals surface area (Å²) in [6.07, 6.45) is 4.90. The molecule has 1 atom stereocenters. The van der Waals surface area contributed by atoms with Crippen molar-refractivity contribution in [2.24, 2.45) is 0 Å². The van der Waals surface area contributed by atoms with Gasteiger partial charge in [0.15, 0.2) is 0 Å². The smallest absolute Gasteiger partial charge is 0.0631 e. The van der Waals surface area contributed by atoms with E-state index in [2.05, 4.69) is 79.1 Å². The van der Waals surface area contributed by atoms with Gasteiger partial charge in [-0.15, -0.1) is 0 Å². The van der Waals surface area contributed by atoms with Gasteiger partial charge in [0.05, 0.1) is 5.69 Å². The van der Waals surface area contributed by atoms with Gasteiger partial charge in [-0.05, 0) is 56.8 Å². The van der Waals surface area contributed by atoms with E-state index in [9.17, 15) is 0 Å². The summed E-state index contributed by atoms with van der Waals surface area (Å²) in [4.78, 5) is 0. The van der Waals surface area contributed by atoms with Crippen molar-refractivity contribution < 1.29 is 0 Å². The minimum atomic E-state index is 0.545. The van der Waals surface area contributed by atoms with Gasteiger partial charge in [-0.1, -0.05) is 42.6 Å². The zero-order valence-electron chi connectivity index (χ0n) is 10.2. The van der Waals surface area contributed by atoms with Gasteiger partial charge in [0.25, 0.3) is 0 Å². The molecule has 4 heteroatoms. The second-order valence-corrected chi connectivity index (χ2v) is 6.76. The summed E-state index contributed by atoms with van der Waals surface area (Å²) in [5.74, 6) is 0. The predicted molar refractivity (Wildman–Crippen MR) is 86.8 cm³/mol. The lowest BCUT2D eigenvalue weighted by Gasteiger charge is -2.20. The van der Waals surface area contributed by atoms with E-state index in [0.29, 0.717) is 6.04 Å². The summed E-state index contributed by atoms with van der Waals surface area (Å²) in [6.45, 7) is 4.46. The fraction of sp³-hybridized carbons (Fsp3) is 0.538. The molecule has 0 spiro atoms. The second kappa shape index (κ2) is 7.80. The van der Waals surface area contributed by atoms with Crippen LogP contribution in [-0.2, 0) is 0 Å². The molecule has 17 heavy (non-hydrogen) atoms. The van der Waals surface area contributed by atoms with Crippen LogP contribution in [0.3, 0.4) is 0 Å². The van der Waals surface area contributed by atoms with Crippen LogP contribution < -0.4 is 5.32 Å². The average molecular weight is 428 g/mol. The maximum Gasteiger partial charge on any atom is 0.0631 e. The van der Waals surface area contributed by atoms with Crippen molar-refractivity contribution in [1.82, 2.24) is 0 Å². The van der Waals surface area contributed by atoms with Crippen LogP contribution in [0.15, 0.2) is 25.6 Å². The van der Waals surface area contributed by atoms with Gasteiger partial charge in [0.1, 0.15) is 0 Å². The van der Waals surface area contributed by atoms with E-state index in [-0.39, 0.29) is 0 Å². The van der Waals surface area contributed by atoms with E-state index in [1.807, 2.05) is 0 Å². The quantitative estimate of drug-likeness (QED) is 0.557. The van der Waals surface area contributed by atoms with E-state index >= 15 is 0 Å². The van der Waals surface area contributed by atoms with Gasteiger partial charge in [0, 0.05) is 19.5 Å². The lowest BCUT2D eigenvalue weighted by molar-refractivity contribution is 0.593. The highest BCUT2D eigenvalue weighted by Crippen LogP contribution is 2.35. The van der Waals surface area contributed by atoms with E-state index < -0.39 is 0 Å². The molecule has 0 heterocycles. The first-order valence-corrected chi connectivity index (χ1v) is 8.37. The number of nitrogens with one attached hydrogen (secondary N) is 1. The predicted octanol–water partition coefficient (Wildman–Crippen LogP) is 6.35. The molecule has 0 aliphatic rings. The normalized spacial score (nSPS) is 12.5. The molecule has 96 valence electrons. The summed E-state index contributed by atoms with van der Waals surface area (Å²) in [5.41, 5.74) is 1.15. The molecule has 1 nitrogen and oxygen atoms in total. The number of anilines is 1. The Balaban J connectivity index is 2.78. The molecule has 0 aliphatic carbocycles. The van der Waals surface area contributed by atoms with Gasteiger partial charge in [-0.3, -0.25) is 0 Å². The molecule has 0 aliphatic heterocycles. The lowest BCUT2D eigenvalue weighted by atomic mass is 10.1. The van der Waals surface area contributed by atoms with Crippen LogP contribution in [0.1, 0.15) is 39.5 Å². The highest BCUT2D eigenvalue weighted by Gasteiger charge is 2.11. The first kappa shape index (κ1) is 15.5. The Kier molecular flexibility index (Phi) is 7.12. The third-order valence-corrected chi connectivity index (χ3v) is 4.46. The third kappa shape index (κ3) is 4.92. The topological polar surface area (TPSA) is 12.0 Å². The molecule has 0 aromatic heterocycles. The molecule has 0 amide bonds. The van der Waals surface area contributed by atoms with Crippen molar-refractivity contribution in [2.75, 3.05) is 5.32 Å². The highest BCUT2D eigenvalue weighted by atomic mass is 79.9. The van der Waals surface area contributed by atoms with Crippen molar-refractivity contribution in [3.63, 3.8) is 0 Å². The largest absolute Gasteiger partial charge is 0.380 e. The van der Waals surface area contributed by atoms with Crippen molar-refractivity contribution in [2.45, 2.75) is 45.6 Å². The molecule has 1 aromatic carbocycles. The van der Waals surface area contributed by atoms with Crippen LogP contribution in [0.2, 0.25) is 0 Å². The van der Waals surface area contributed by atoms with Crippen molar-refractivity contribution in [3.8, 4) is 0 Å². The lowest BCUT2D eigenvalue weighted by Crippen LogP contribution is -2.18. The van der Waals surface area contributed by atoms with Crippen LogP contribution >= 0.6 is 47.8 Å². The molecular formula is C13H18Br3N. The van der Waals surface area contributed by atoms with Gasteiger partial charge in [-0.25, -0.2) is 0 Å². The molecule has 1 aromatic rings. The number of rotatable bonds is 6. The van der Waals surface area contributed by atoms with Gasteiger partial charge >= 0.3 is 0 Å². The van der Waals surface area contributed by atoms with Crippen LogP contribution in [0.5, 0.6) is 0 Å². The molecule has 1 N–H and O–H groups in total. The average Bonchev–Trinajstić information content (AvgIpc) is 2.27. The van der Waals surface area contributed by atoms with Crippen LogP contribution in [0.25, 0.3) is 0 Å². The third-order valence-electron chi connectivity index (χ3n) is 2.75. The zero-order chi connectivity index (χ0) is 12.8. The molecule has 0 fully saturated rings. The first-order valence-electron chi connectivity index (χ1n) is 5.99. The summed E-state index contributed by atoms with van der Waals surface area (Å²) in [7, 11) is 0. The number of hydrogen-bond donors (Lipinski definition) is 1. The first-order chi connectivity index (χ1) is 8.08. The van der Waals surface area contributed by atoms with Crippen molar-refractivity contribution >= 4 is 53.5 Å². The van der Waals surface area contributed by atoms with Gasteiger partial charge < -0.3 is 5.32 Å². The van der Waals surface area contributed by atoms with Crippen molar-refractivity contribution in [3.05, 3.63) is 25.6 Å². The fourth-order valence-electron chi connectivity index (χ4n) is 1.71. The van der Waals surface area contributed by atoms with E-state index in [4.69, 9.17) is 0 Å². The minimum absolute atomic E-state index is 0.545. The Hall–Kier alpha value is 0.460. The zero-order valence-corrected chi connectivity index (χ0v) is 15.0. The molecule has 0 bridgehead atoms. The standard InChI is InChI=1S/C13H18Br3N/c1-3-5-6-10(4-2)17-13-11(15)7-9(14)8-12(13)16/h7-8,10,17H,3-6H2,1-2H3. The van der Waals surface area contributed by atoms with Crippen LogP contribution in [0, 0.1) is 0 Å². The SMILES string of the molecule is CCCCC(CC)Nc1c(Br)cc(Br)cc1Br. The van der Waals surface area contributed by atoms with Crippen molar-refractivity contribution in [1.29, 1.82) is 0 Å². The minimum Gasteiger partial charge on any atom is -0.380 e. The molecule has 0 radical (unpaired) electrons. The molecule has 0 saturated carbocycles. The molecule has 1 rings (SSSR count). The summed E-state index contributed by atoms with van der Waals surface area (Å²) in [5, 5.41) is 3.61. The maximum absolute atomic E-state index is 3.61. The Labute approximate surface area is 129 Å². The second-order valence-electron chi connectivity index (χ2n) is 4.14. The molecule has 0 saturated heterocycles. The summed E-state index contributed by atoms with van der Waals surface area (Å²) < 4.78 is 3.26. The number of hydrogen-bond acceptors (Lipinski definition) is 1. The fourth-order valence-corrected chi connectivity index (χ4v) is 4.20. The summed E-state index contributed by atoms with van der Waals surface area (Å²) >= 11 is 10.7. The number of unbranched alkanes of at least 4 members (excludes halogenated alkanes) is 1. The van der Waals surface area contributed by atoms with Crippen LogP contribution in [0.4, 0.5) is 5.69 Å². The van der Waals surface area contributed by atoms with E-state index in [0.717, 1.165) is 25.5 Å².